The van der Waals surface area contributed by atoms with Crippen LogP contribution in [0.15, 0.2) is 83.8 Å². The second kappa shape index (κ2) is 8.25. The molecule has 5 nitrogen and oxygen atoms in total. The van der Waals surface area contributed by atoms with Crippen molar-refractivity contribution in [2.24, 2.45) is 0 Å². The highest BCUT2D eigenvalue weighted by molar-refractivity contribution is 6.10. The summed E-state index contributed by atoms with van der Waals surface area (Å²) in [5.41, 5.74) is 1.99. The number of hydrogen-bond acceptors (Lipinski definition) is 4. The van der Waals surface area contributed by atoms with E-state index in [0.29, 0.717) is 34.5 Å². The lowest BCUT2D eigenvalue weighted by molar-refractivity contribution is 0.103. The molecule has 0 fully saturated rings. The van der Waals surface area contributed by atoms with Crippen molar-refractivity contribution in [2.45, 2.75) is 6.54 Å². The van der Waals surface area contributed by atoms with Crippen LogP contribution in [0.4, 0.5) is 0 Å². The molecule has 0 amide bonds. The molecule has 4 aromatic rings. The highest BCUT2D eigenvalue weighted by atomic mass is 16.5. The topological polar surface area (TPSA) is 57.5 Å². The molecule has 0 aliphatic rings. The average molecular weight is 399 g/mol. The summed E-state index contributed by atoms with van der Waals surface area (Å²) in [6, 6.07) is 22.1. The first-order valence-corrected chi connectivity index (χ1v) is 9.55. The van der Waals surface area contributed by atoms with Crippen LogP contribution in [0.25, 0.3) is 10.9 Å². The fraction of sp³-hybridized carbons (Fsp3) is 0.120. The number of nitrogens with zero attached hydrogens (tertiary/aromatic N) is 1. The SMILES string of the molecule is COc1cc2c(=O)c(C(=O)c3ccccc3)cn(Cc3ccccc3)c2cc1OC. The van der Waals surface area contributed by atoms with Crippen molar-refractivity contribution in [3.05, 3.63) is 106 Å². The number of hydrogen-bond donors (Lipinski definition) is 0. The molecular formula is C25H21NO4. The van der Waals surface area contributed by atoms with Crippen LogP contribution in [-0.2, 0) is 6.54 Å². The molecule has 150 valence electrons. The largest absolute Gasteiger partial charge is 0.493 e. The number of benzene rings is 3. The summed E-state index contributed by atoms with van der Waals surface area (Å²) in [6.07, 6.45) is 1.64. The molecule has 0 aliphatic carbocycles. The molecule has 0 N–H and O–H groups in total. The Bertz CT molecular complexity index is 1260. The van der Waals surface area contributed by atoms with Crippen LogP contribution in [0.1, 0.15) is 21.5 Å². The van der Waals surface area contributed by atoms with Crippen molar-refractivity contribution in [1.29, 1.82) is 0 Å². The van der Waals surface area contributed by atoms with Crippen LogP contribution in [0, 0.1) is 0 Å². The molecule has 0 radical (unpaired) electrons. The molecule has 1 aromatic heterocycles. The van der Waals surface area contributed by atoms with Crippen molar-refractivity contribution >= 4 is 16.7 Å². The van der Waals surface area contributed by atoms with Gasteiger partial charge in [0.25, 0.3) is 0 Å². The number of rotatable bonds is 6. The van der Waals surface area contributed by atoms with E-state index in [1.54, 1.807) is 49.7 Å². The molecule has 1 heterocycles. The van der Waals surface area contributed by atoms with E-state index in [1.165, 1.54) is 7.11 Å². The summed E-state index contributed by atoms with van der Waals surface area (Å²) < 4.78 is 12.7. The Morgan fingerprint density at radius 3 is 2.10 bits per heavy atom. The van der Waals surface area contributed by atoms with E-state index in [0.717, 1.165) is 5.56 Å². The second-order valence-electron chi connectivity index (χ2n) is 6.90. The van der Waals surface area contributed by atoms with Crippen LogP contribution in [0.3, 0.4) is 0 Å². The van der Waals surface area contributed by atoms with Gasteiger partial charge in [-0.05, 0) is 11.6 Å². The minimum absolute atomic E-state index is 0.122. The number of fused-ring (bicyclic) bond motifs is 1. The minimum atomic E-state index is -0.330. The maximum Gasteiger partial charge on any atom is 0.200 e. The Morgan fingerprint density at radius 1 is 0.867 bits per heavy atom. The predicted octanol–water partition coefficient (Wildman–Crippen LogP) is 4.30. The molecule has 30 heavy (non-hydrogen) atoms. The fourth-order valence-electron chi connectivity index (χ4n) is 3.53. The Balaban J connectivity index is 1.98. The maximum absolute atomic E-state index is 13.3. The van der Waals surface area contributed by atoms with Gasteiger partial charge in [-0.3, -0.25) is 9.59 Å². The highest BCUT2D eigenvalue weighted by Crippen LogP contribution is 2.31. The number of carbonyl (C=O) groups excluding carboxylic acids is 1. The van der Waals surface area contributed by atoms with E-state index >= 15 is 0 Å². The molecule has 0 saturated carbocycles. The summed E-state index contributed by atoms with van der Waals surface area (Å²) in [4.78, 5) is 26.4. The smallest absolute Gasteiger partial charge is 0.200 e. The number of pyridine rings is 1. The monoisotopic (exact) mass is 399 g/mol. The Morgan fingerprint density at radius 2 is 1.47 bits per heavy atom. The number of ketones is 1. The minimum Gasteiger partial charge on any atom is -0.493 e. The third-order valence-corrected chi connectivity index (χ3v) is 5.06. The van der Waals surface area contributed by atoms with Crippen molar-refractivity contribution in [1.82, 2.24) is 4.57 Å². The van der Waals surface area contributed by atoms with Gasteiger partial charge in [0.15, 0.2) is 17.3 Å². The zero-order chi connectivity index (χ0) is 21.1. The lowest BCUT2D eigenvalue weighted by Crippen LogP contribution is -2.20. The molecular weight excluding hydrogens is 378 g/mol. The van der Waals surface area contributed by atoms with Crippen molar-refractivity contribution < 1.29 is 14.3 Å². The lowest BCUT2D eigenvalue weighted by Gasteiger charge is -2.16. The first kappa shape index (κ1) is 19.5. The van der Waals surface area contributed by atoms with Gasteiger partial charge in [0.05, 0.1) is 30.7 Å². The normalized spacial score (nSPS) is 10.7. The third-order valence-electron chi connectivity index (χ3n) is 5.06. The zero-order valence-electron chi connectivity index (χ0n) is 16.8. The molecule has 4 rings (SSSR count). The van der Waals surface area contributed by atoms with Gasteiger partial charge in [-0.25, -0.2) is 0 Å². The van der Waals surface area contributed by atoms with Crippen LogP contribution in [0.2, 0.25) is 0 Å². The van der Waals surface area contributed by atoms with E-state index < -0.39 is 0 Å². The second-order valence-corrected chi connectivity index (χ2v) is 6.90. The van der Waals surface area contributed by atoms with Gasteiger partial charge in [-0.15, -0.1) is 0 Å². The lowest BCUT2D eigenvalue weighted by atomic mass is 10.0. The summed E-state index contributed by atoms with van der Waals surface area (Å²) in [5, 5.41) is 0.408. The van der Waals surface area contributed by atoms with Gasteiger partial charge in [-0.2, -0.15) is 0 Å². The zero-order valence-corrected chi connectivity index (χ0v) is 16.8. The van der Waals surface area contributed by atoms with Gasteiger partial charge in [0, 0.05) is 24.4 Å². The van der Waals surface area contributed by atoms with E-state index in [1.807, 2.05) is 41.0 Å². The van der Waals surface area contributed by atoms with Crippen molar-refractivity contribution in [2.75, 3.05) is 14.2 Å². The third kappa shape index (κ3) is 3.57. The number of aromatic nitrogens is 1. The Kier molecular flexibility index (Phi) is 5.35. The van der Waals surface area contributed by atoms with Crippen LogP contribution < -0.4 is 14.9 Å². The van der Waals surface area contributed by atoms with Gasteiger partial charge < -0.3 is 14.0 Å². The molecule has 0 unspecified atom stereocenters. The fourth-order valence-corrected chi connectivity index (χ4v) is 3.53. The Labute approximate surface area is 174 Å². The summed E-state index contributed by atoms with van der Waals surface area (Å²) in [6.45, 7) is 0.502. The van der Waals surface area contributed by atoms with Crippen LogP contribution >= 0.6 is 0 Å². The summed E-state index contributed by atoms with van der Waals surface area (Å²) in [7, 11) is 3.07. The molecule has 0 saturated heterocycles. The molecule has 0 aliphatic heterocycles. The van der Waals surface area contributed by atoms with Crippen LogP contribution in [0.5, 0.6) is 11.5 Å². The molecule has 3 aromatic carbocycles. The molecule has 0 atom stereocenters. The van der Waals surface area contributed by atoms with Gasteiger partial charge in [0.2, 0.25) is 5.43 Å². The first-order valence-electron chi connectivity index (χ1n) is 9.55. The number of ether oxygens (including phenoxy) is 2. The van der Waals surface area contributed by atoms with E-state index in [4.69, 9.17) is 9.47 Å². The van der Waals surface area contributed by atoms with E-state index in [2.05, 4.69) is 0 Å². The number of carbonyl (C=O) groups is 1. The van der Waals surface area contributed by atoms with Crippen molar-refractivity contribution in [3.8, 4) is 11.5 Å². The Hall–Kier alpha value is -3.86. The predicted molar refractivity (Wildman–Crippen MR) is 117 cm³/mol. The van der Waals surface area contributed by atoms with Crippen LogP contribution in [-0.4, -0.2) is 24.6 Å². The van der Waals surface area contributed by atoms with E-state index in [-0.39, 0.29) is 16.8 Å². The summed E-state index contributed by atoms with van der Waals surface area (Å²) >= 11 is 0. The molecule has 0 spiro atoms. The van der Waals surface area contributed by atoms with Crippen molar-refractivity contribution in [3.63, 3.8) is 0 Å². The maximum atomic E-state index is 13.3. The van der Waals surface area contributed by atoms with Gasteiger partial charge >= 0.3 is 0 Å². The average Bonchev–Trinajstić information content (AvgIpc) is 2.80. The standard InChI is InChI=1S/C25H21NO4/c1-29-22-13-19-21(14-23(22)30-2)26(15-17-9-5-3-6-10-17)16-20(25(19)28)24(27)18-11-7-4-8-12-18/h3-14,16H,15H2,1-2H3. The van der Waals surface area contributed by atoms with Gasteiger partial charge in [0.1, 0.15) is 0 Å². The van der Waals surface area contributed by atoms with E-state index in [9.17, 15) is 9.59 Å². The molecule has 5 heteroatoms. The highest BCUT2D eigenvalue weighted by Gasteiger charge is 2.19. The summed E-state index contributed by atoms with van der Waals surface area (Å²) in [5.74, 6) is 0.658. The molecule has 0 bridgehead atoms. The number of methoxy groups -OCH3 is 2. The van der Waals surface area contributed by atoms with Gasteiger partial charge in [-0.1, -0.05) is 60.7 Å². The quantitative estimate of drug-likeness (QED) is 0.454. The first-order chi connectivity index (χ1) is 14.6.